The summed E-state index contributed by atoms with van der Waals surface area (Å²) in [5.41, 5.74) is 3.00. The van der Waals surface area contributed by atoms with Crippen LogP contribution in [0.1, 0.15) is 22.8 Å². The summed E-state index contributed by atoms with van der Waals surface area (Å²) in [5.74, 6) is -0.0113. The van der Waals surface area contributed by atoms with Crippen molar-refractivity contribution in [2.75, 3.05) is 11.9 Å². The number of hydrogen-bond acceptors (Lipinski definition) is 4. The molecule has 0 radical (unpaired) electrons. The van der Waals surface area contributed by atoms with Crippen molar-refractivity contribution in [3.8, 4) is 11.1 Å². The quantitative estimate of drug-likeness (QED) is 0.377. The van der Waals surface area contributed by atoms with Gasteiger partial charge in [-0.3, -0.25) is 0 Å². The molecule has 4 aromatic rings. The summed E-state index contributed by atoms with van der Waals surface area (Å²) in [7, 11) is 1.78. The Labute approximate surface area is 182 Å². The van der Waals surface area contributed by atoms with Crippen LogP contribution in [0.15, 0.2) is 66.7 Å². The van der Waals surface area contributed by atoms with Crippen molar-refractivity contribution >= 4 is 28.6 Å². The Morgan fingerprint density at radius 3 is 2.56 bits per heavy atom. The van der Waals surface area contributed by atoms with E-state index in [-0.39, 0.29) is 12.3 Å². The van der Waals surface area contributed by atoms with Gasteiger partial charge in [0, 0.05) is 18.3 Å². The van der Waals surface area contributed by atoms with Gasteiger partial charge in [-0.2, -0.15) is 13.2 Å². The topological polar surface area (TPSA) is 56.1 Å². The lowest BCUT2D eigenvalue weighted by Crippen LogP contribution is -2.06. The second-order valence-electron chi connectivity index (χ2n) is 7.17. The van der Waals surface area contributed by atoms with Gasteiger partial charge in [0.2, 0.25) is 5.95 Å². The summed E-state index contributed by atoms with van der Waals surface area (Å²) in [6.07, 6.45) is -4.43. The number of hydrogen-bond donors (Lipinski definition) is 1. The van der Waals surface area contributed by atoms with E-state index >= 15 is 0 Å². The van der Waals surface area contributed by atoms with Crippen molar-refractivity contribution in [3.63, 3.8) is 0 Å². The monoisotopic (exact) mass is 439 g/mol. The molecule has 0 fully saturated rings. The molecule has 4 rings (SSSR count). The number of fused-ring (bicyclic) bond motifs is 1. The first-order valence-electron chi connectivity index (χ1n) is 9.95. The van der Waals surface area contributed by atoms with Gasteiger partial charge >= 0.3 is 12.1 Å². The number of rotatable bonds is 5. The highest BCUT2D eigenvalue weighted by molar-refractivity contribution is 5.96. The Hall–Kier alpha value is -3.81. The standard InChI is InChI=1S/C24H20F3N3O2/c1-3-32-22(31)16-8-4-7-15(13-16)19-11-6-12-20-21(19)29-23(30(20)2)28-18-10-5-9-17(14-18)24(25,26)27/h4-14H,3H2,1-2H3,(H,28,29). The number of alkyl halides is 3. The molecule has 32 heavy (non-hydrogen) atoms. The molecular formula is C24H20F3N3O2. The van der Waals surface area contributed by atoms with Crippen LogP contribution < -0.4 is 5.32 Å². The Morgan fingerprint density at radius 2 is 1.81 bits per heavy atom. The summed E-state index contributed by atoms with van der Waals surface area (Å²) < 4.78 is 46.0. The zero-order valence-electron chi connectivity index (χ0n) is 17.4. The minimum absolute atomic E-state index is 0.281. The summed E-state index contributed by atoms with van der Waals surface area (Å²) in [4.78, 5) is 16.8. The predicted molar refractivity (Wildman–Crippen MR) is 117 cm³/mol. The smallest absolute Gasteiger partial charge is 0.416 e. The van der Waals surface area contributed by atoms with Crippen LogP contribution in [0.25, 0.3) is 22.2 Å². The number of imidazole rings is 1. The number of esters is 1. The molecule has 0 aliphatic rings. The first-order valence-corrected chi connectivity index (χ1v) is 9.95. The average molecular weight is 439 g/mol. The minimum Gasteiger partial charge on any atom is -0.462 e. The number of benzene rings is 3. The maximum atomic E-state index is 13.1. The molecule has 3 aromatic carbocycles. The van der Waals surface area contributed by atoms with Crippen molar-refractivity contribution in [2.45, 2.75) is 13.1 Å². The Morgan fingerprint density at radius 1 is 1.06 bits per heavy atom. The Kier molecular flexibility index (Phi) is 5.61. The van der Waals surface area contributed by atoms with Crippen molar-refractivity contribution < 1.29 is 22.7 Å². The predicted octanol–water partition coefficient (Wildman–Crippen LogP) is 6.18. The number of aromatic nitrogens is 2. The third-order valence-corrected chi connectivity index (χ3v) is 5.04. The van der Waals surface area contributed by atoms with E-state index < -0.39 is 17.7 Å². The lowest BCUT2D eigenvalue weighted by molar-refractivity contribution is -0.137. The zero-order chi connectivity index (χ0) is 22.9. The van der Waals surface area contributed by atoms with Crippen LogP contribution >= 0.6 is 0 Å². The SMILES string of the molecule is CCOC(=O)c1cccc(-c2cccc3c2nc(Nc2cccc(C(F)(F)F)c2)n3C)c1. The first kappa shape index (κ1) is 21.4. The minimum atomic E-state index is -4.43. The molecule has 0 saturated carbocycles. The van der Waals surface area contributed by atoms with Gasteiger partial charge in [0.1, 0.15) is 0 Å². The van der Waals surface area contributed by atoms with Crippen molar-refractivity contribution in [2.24, 2.45) is 7.05 Å². The van der Waals surface area contributed by atoms with E-state index in [2.05, 4.69) is 10.3 Å². The zero-order valence-corrected chi connectivity index (χ0v) is 17.4. The number of carbonyl (C=O) groups is 1. The van der Waals surface area contributed by atoms with Crippen molar-refractivity contribution in [3.05, 3.63) is 77.9 Å². The van der Waals surface area contributed by atoms with Gasteiger partial charge in [-0.25, -0.2) is 9.78 Å². The molecule has 0 atom stereocenters. The Balaban J connectivity index is 1.74. The fourth-order valence-electron chi connectivity index (χ4n) is 3.49. The van der Waals surface area contributed by atoms with E-state index in [4.69, 9.17) is 4.74 Å². The van der Waals surface area contributed by atoms with Crippen molar-refractivity contribution in [1.29, 1.82) is 0 Å². The van der Waals surface area contributed by atoms with Gasteiger partial charge in [0.25, 0.3) is 0 Å². The maximum absolute atomic E-state index is 13.1. The van der Waals surface area contributed by atoms with Gasteiger partial charge in [-0.1, -0.05) is 30.3 Å². The Bertz CT molecular complexity index is 1300. The van der Waals surface area contributed by atoms with Crippen LogP contribution in [-0.2, 0) is 18.0 Å². The third-order valence-electron chi connectivity index (χ3n) is 5.04. The number of halogens is 3. The number of aryl methyl sites for hydroxylation is 1. The van der Waals surface area contributed by atoms with E-state index in [0.717, 1.165) is 28.8 Å². The molecular weight excluding hydrogens is 419 g/mol. The highest BCUT2D eigenvalue weighted by Gasteiger charge is 2.30. The summed E-state index contributed by atoms with van der Waals surface area (Å²) in [6, 6.07) is 17.6. The molecule has 1 heterocycles. The van der Waals surface area contributed by atoms with Gasteiger partial charge in [-0.05, 0) is 48.9 Å². The molecule has 1 aromatic heterocycles. The lowest BCUT2D eigenvalue weighted by Gasteiger charge is -2.10. The second kappa shape index (κ2) is 8.37. The molecule has 8 heteroatoms. The van der Waals surface area contributed by atoms with E-state index in [1.54, 1.807) is 42.8 Å². The van der Waals surface area contributed by atoms with E-state index in [9.17, 15) is 18.0 Å². The van der Waals surface area contributed by atoms with Crippen LogP contribution in [0.4, 0.5) is 24.8 Å². The molecule has 0 bridgehead atoms. The van der Waals surface area contributed by atoms with Crippen LogP contribution in [0.2, 0.25) is 0 Å². The number of para-hydroxylation sites is 1. The molecule has 164 valence electrons. The molecule has 5 nitrogen and oxygen atoms in total. The summed E-state index contributed by atoms with van der Waals surface area (Å²) >= 11 is 0. The van der Waals surface area contributed by atoms with Gasteiger partial charge in [0.05, 0.1) is 28.8 Å². The van der Waals surface area contributed by atoms with Crippen LogP contribution in [0.3, 0.4) is 0 Å². The molecule has 0 unspecified atom stereocenters. The summed E-state index contributed by atoms with van der Waals surface area (Å²) in [6.45, 7) is 2.03. The fraction of sp³-hybridized carbons (Fsp3) is 0.167. The van der Waals surface area contributed by atoms with Gasteiger partial charge < -0.3 is 14.6 Å². The first-order chi connectivity index (χ1) is 15.3. The van der Waals surface area contributed by atoms with Gasteiger partial charge in [-0.15, -0.1) is 0 Å². The van der Waals surface area contributed by atoms with Crippen LogP contribution in [-0.4, -0.2) is 22.1 Å². The molecule has 1 N–H and O–H groups in total. The fourth-order valence-corrected chi connectivity index (χ4v) is 3.49. The third kappa shape index (κ3) is 4.16. The highest BCUT2D eigenvalue weighted by atomic mass is 19.4. The van der Waals surface area contributed by atoms with Crippen molar-refractivity contribution in [1.82, 2.24) is 9.55 Å². The van der Waals surface area contributed by atoms with Crippen LogP contribution in [0.5, 0.6) is 0 Å². The largest absolute Gasteiger partial charge is 0.462 e. The number of nitrogens with one attached hydrogen (secondary N) is 1. The second-order valence-corrected chi connectivity index (χ2v) is 7.17. The average Bonchev–Trinajstić information content (AvgIpc) is 3.09. The van der Waals surface area contributed by atoms with E-state index in [1.807, 2.05) is 24.3 Å². The molecule has 0 aliphatic heterocycles. The molecule has 0 amide bonds. The number of carbonyl (C=O) groups excluding carboxylic acids is 1. The maximum Gasteiger partial charge on any atom is 0.416 e. The van der Waals surface area contributed by atoms with E-state index in [1.165, 1.54) is 6.07 Å². The van der Waals surface area contributed by atoms with E-state index in [0.29, 0.717) is 17.0 Å². The number of ether oxygens (including phenoxy) is 1. The number of nitrogens with zero attached hydrogens (tertiary/aromatic N) is 2. The normalized spacial score (nSPS) is 11.5. The molecule has 0 spiro atoms. The summed E-state index contributed by atoms with van der Waals surface area (Å²) in [5, 5.41) is 2.98. The van der Waals surface area contributed by atoms with Crippen LogP contribution in [0, 0.1) is 0 Å². The highest BCUT2D eigenvalue weighted by Crippen LogP contribution is 2.33. The van der Waals surface area contributed by atoms with Gasteiger partial charge in [0.15, 0.2) is 0 Å². The molecule has 0 aliphatic carbocycles. The molecule has 0 saturated heterocycles. The number of anilines is 2. The lowest BCUT2D eigenvalue weighted by atomic mass is 10.0.